The average Bonchev–Trinajstić information content (AvgIpc) is 3.36. The Kier molecular flexibility index (Phi) is 8.35. The Morgan fingerprint density at radius 2 is 1.76 bits per heavy atom. The predicted molar refractivity (Wildman–Crippen MR) is 146 cm³/mol. The van der Waals surface area contributed by atoms with Gasteiger partial charge in [0.25, 0.3) is 0 Å². The summed E-state index contributed by atoms with van der Waals surface area (Å²) in [6.07, 6.45) is 2.35. The van der Waals surface area contributed by atoms with Crippen molar-refractivity contribution in [3.8, 4) is 0 Å². The highest BCUT2D eigenvalue weighted by Crippen LogP contribution is 2.41. The third-order valence-corrected chi connectivity index (χ3v) is 7.43. The first-order chi connectivity index (χ1) is 18.9. The lowest BCUT2D eigenvalue weighted by Crippen LogP contribution is -2.40. The van der Waals surface area contributed by atoms with Crippen LogP contribution in [0.25, 0.3) is 5.65 Å². The molecule has 0 spiro atoms. The van der Waals surface area contributed by atoms with Crippen molar-refractivity contribution in [1.29, 1.82) is 0 Å². The summed E-state index contributed by atoms with van der Waals surface area (Å²) < 4.78 is 40.2. The minimum absolute atomic E-state index is 0.0756. The van der Waals surface area contributed by atoms with Gasteiger partial charge in [-0.3, -0.25) is 4.79 Å². The van der Waals surface area contributed by atoms with E-state index in [0.29, 0.717) is 17.8 Å². The maximum absolute atomic E-state index is 13.9. The van der Waals surface area contributed by atoms with Gasteiger partial charge in [-0.2, -0.15) is 5.10 Å². The SMILES string of the molecule is CC1CN(C(=O)OC(C)(C)C)C(=O)C1Cc1cnn2cc([C@@H](NC(=O)OC(C)(C)C)C3CCC(F)(F)CC3)nc2c1. The van der Waals surface area contributed by atoms with Crippen molar-refractivity contribution in [2.45, 2.75) is 104 Å². The van der Waals surface area contributed by atoms with Gasteiger partial charge in [0.05, 0.1) is 24.1 Å². The van der Waals surface area contributed by atoms with Crippen molar-refractivity contribution in [2.24, 2.45) is 17.8 Å². The normalized spacial score (nSPS) is 22.6. The zero-order chi connectivity index (χ0) is 30.3. The molecule has 0 radical (unpaired) electrons. The highest BCUT2D eigenvalue weighted by molar-refractivity contribution is 5.95. The number of carbonyl (C=O) groups excluding carboxylic acids is 3. The first-order valence-corrected chi connectivity index (χ1v) is 14.2. The smallest absolute Gasteiger partial charge is 0.417 e. The molecule has 3 heterocycles. The van der Waals surface area contributed by atoms with Gasteiger partial charge in [-0.15, -0.1) is 0 Å². The van der Waals surface area contributed by atoms with Crippen LogP contribution in [0.5, 0.6) is 0 Å². The molecule has 2 fully saturated rings. The van der Waals surface area contributed by atoms with Crippen molar-refractivity contribution in [3.63, 3.8) is 0 Å². The fourth-order valence-electron chi connectivity index (χ4n) is 5.43. The maximum Gasteiger partial charge on any atom is 0.417 e. The number of hydrogen-bond acceptors (Lipinski definition) is 7. The van der Waals surface area contributed by atoms with Crippen LogP contribution in [0.4, 0.5) is 18.4 Å². The highest BCUT2D eigenvalue weighted by atomic mass is 19.3. The number of hydrogen-bond donors (Lipinski definition) is 1. The molecule has 1 saturated carbocycles. The summed E-state index contributed by atoms with van der Waals surface area (Å²) in [6.45, 7) is 12.7. The van der Waals surface area contributed by atoms with Gasteiger partial charge in [0.2, 0.25) is 11.8 Å². The standard InChI is InChI=1S/C29H41F2N5O5/c1-17-15-35(26(39)41-28(5,6)7)24(37)20(17)12-18-13-22-33-21(16-36(22)32-14-18)23(34-25(38)40-27(2,3)4)19-8-10-29(30,31)11-9-19/h13-14,16-17,19-20,23H,8-12,15H2,1-7H3,(H,34,38)/t17?,20?,23-/m0/s1. The Bertz CT molecular complexity index is 1290. The van der Waals surface area contributed by atoms with E-state index in [0.717, 1.165) is 5.56 Å². The minimum atomic E-state index is -2.71. The van der Waals surface area contributed by atoms with Crippen LogP contribution in [-0.4, -0.2) is 61.3 Å². The number of nitrogens with one attached hydrogen (secondary N) is 1. The largest absolute Gasteiger partial charge is 0.444 e. The lowest BCUT2D eigenvalue weighted by molar-refractivity contribution is -0.130. The van der Waals surface area contributed by atoms with Crippen LogP contribution in [0.15, 0.2) is 18.5 Å². The molecule has 3 atom stereocenters. The second kappa shape index (κ2) is 11.2. The second-order valence-electron chi connectivity index (χ2n) is 13.4. The molecule has 0 aromatic carbocycles. The molecule has 2 aliphatic rings. The number of ether oxygens (including phenoxy) is 2. The summed E-state index contributed by atoms with van der Waals surface area (Å²) >= 11 is 0. The summed E-state index contributed by atoms with van der Waals surface area (Å²) in [5.41, 5.74) is 0.326. The van der Waals surface area contributed by atoms with E-state index < -0.39 is 41.3 Å². The first-order valence-electron chi connectivity index (χ1n) is 14.2. The van der Waals surface area contributed by atoms with Gasteiger partial charge in [-0.25, -0.2) is 32.8 Å². The van der Waals surface area contributed by atoms with E-state index in [2.05, 4.69) is 10.4 Å². The third kappa shape index (κ3) is 7.71. The highest BCUT2D eigenvalue weighted by Gasteiger charge is 2.43. The number of imidazole rings is 1. The van der Waals surface area contributed by atoms with Crippen LogP contribution in [0.1, 0.15) is 91.4 Å². The number of likely N-dealkylation sites (tertiary alicyclic amines) is 1. The van der Waals surface area contributed by atoms with E-state index in [9.17, 15) is 23.2 Å². The van der Waals surface area contributed by atoms with Gasteiger partial charge in [0, 0.05) is 25.3 Å². The molecule has 0 bridgehead atoms. The molecule has 1 aliphatic heterocycles. The fourth-order valence-corrected chi connectivity index (χ4v) is 5.43. The molecule has 12 heteroatoms. The van der Waals surface area contributed by atoms with E-state index in [-0.39, 0.29) is 50.0 Å². The molecule has 2 aromatic rings. The molecule has 4 rings (SSSR count). The molecule has 1 aliphatic carbocycles. The summed E-state index contributed by atoms with van der Waals surface area (Å²) in [6, 6.07) is 1.18. The van der Waals surface area contributed by atoms with Crippen LogP contribution in [-0.2, 0) is 20.7 Å². The van der Waals surface area contributed by atoms with Crippen LogP contribution in [0.3, 0.4) is 0 Å². The van der Waals surface area contributed by atoms with Gasteiger partial charge < -0.3 is 14.8 Å². The van der Waals surface area contributed by atoms with Crippen LogP contribution < -0.4 is 5.32 Å². The number of alkyl halides is 2. The summed E-state index contributed by atoms with van der Waals surface area (Å²) in [5, 5.41) is 7.32. The zero-order valence-electron chi connectivity index (χ0n) is 24.9. The van der Waals surface area contributed by atoms with Crippen LogP contribution in [0, 0.1) is 17.8 Å². The number of nitrogens with zero attached hydrogens (tertiary/aromatic N) is 4. The van der Waals surface area contributed by atoms with E-state index in [1.807, 2.05) is 13.0 Å². The Hall–Kier alpha value is -3.31. The molecular weight excluding hydrogens is 536 g/mol. The minimum Gasteiger partial charge on any atom is -0.444 e. The fraction of sp³-hybridized carbons (Fsp3) is 0.690. The molecule has 2 aromatic heterocycles. The molecule has 1 saturated heterocycles. The van der Waals surface area contributed by atoms with Gasteiger partial charge >= 0.3 is 12.2 Å². The Labute approximate surface area is 239 Å². The van der Waals surface area contributed by atoms with Crippen LogP contribution in [0.2, 0.25) is 0 Å². The molecule has 10 nitrogen and oxygen atoms in total. The van der Waals surface area contributed by atoms with E-state index in [1.165, 1.54) is 4.90 Å². The molecule has 41 heavy (non-hydrogen) atoms. The Balaban J connectivity index is 1.54. The second-order valence-corrected chi connectivity index (χ2v) is 13.4. The number of rotatable bonds is 5. The van der Waals surface area contributed by atoms with Gasteiger partial charge in [0.1, 0.15) is 11.2 Å². The summed E-state index contributed by atoms with van der Waals surface area (Å²) in [4.78, 5) is 44.2. The Morgan fingerprint density at radius 3 is 2.37 bits per heavy atom. The summed E-state index contributed by atoms with van der Waals surface area (Å²) in [5.74, 6) is -3.75. The maximum atomic E-state index is 13.9. The molecule has 2 unspecified atom stereocenters. The van der Waals surface area contributed by atoms with E-state index >= 15 is 0 Å². The lowest BCUT2D eigenvalue weighted by atomic mass is 9.81. The lowest BCUT2D eigenvalue weighted by Gasteiger charge is -2.33. The molecule has 3 amide bonds. The number of amides is 3. The first kappa shape index (κ1) is 30.6. The van der Waals surface area contributed by atoms with Gasteiger partial charge in [-0.1, -0.05) is 6.92 Å². The zero-order valence-corrected chi connectivity index (χ0v) is 24.9. The molecule has 1 N–H and O–H groups in total. The number of alkyl carbamates (subject to hydrolysis) is 1. The number of carbonyl (C=O) groups is 3. The third-order valence-electron chi connectivity index (χ3n) is 7.43. The van der Waals surface area contributed by atoms with Crippen molar-refractivity contribution in [3.05, 3.63) is 29.7 Å². The van der Waals surface area contributed by atoms with Crippen molar-refractivity contribution < 1.29 is 32.6 Å². The van der Waals surface area contributed by atoms with Crippen LogP contribution >= 0.6 is 0 Å². The predicted octanol–water partition coefficient (Wildman–Crippen LogP) is 5.69. The van der Waals surface area contributed by atoms with Crippen molar-refractivity contribution in [2.75, 3.05) is 6.54 Å². The number of aromatic nitrogens is 3. The quantitative estimate of drug-likeness (QED) is 0.485. The topological polar surface area (TPSA) is 115 Å². The van der Waals surface area contributed by atoms with Gasteiger partial charge in [0.15, 0.2) is 5.65 Å². The van der Waals surface area contributed by atoms with E-state index in [4.69, 9.17) is 14.5 Å². The van der Waals surface area contributed by atoms with E-state index in [1.54, 1.807) is 58.5 Å². The average molecular weight is 578 g/mol. The van der Waals surface area contributed by atoms with Crippen molar-refractivity contribution in [1.82, 2.24) is 24.8 Å². The number of fused-ring (bicyclic) bond motifs is 1. The Morgan fingerprint density at radius 1 is 1.12 bits per heavy atom. The molecule has 226 valence electrons. The monoisotopic (exact) mass is 577 g/mol. The summed E-state index contributed by atoms with van der Waals surface area (Å²) in [7, 11) is 0. The van der Waals surface area contributed by atoms with Crippen molar-refractivity contribution >= 4 is 23.7 Å². The molecular formula is C29H41F2N5O5. The number of imide groups is 1. The van der Waals surface area contributed by atoms with Gasteiger partial charge in [-0.05, 0) is 84.3 Å². The number of halogens is 2.